The fourth-order valence-electron chi connectivity index (χ4n) is 3.78. The molecule has 2 aromatic rings. The average Bonchev–Trinajstić information content (AvgIpc) is 2.73. The van der Waals surface area contributed by atoms with Crippen molar-refractivity contribution in [2.45, 2.75) is 39.2 Å². The fourth-order valence-corrected chi connectivity index (χ4v) is 3.78. The number of carbonyl (C=O) groups excluding carboxylic acids is 3. The van der Waals surface area contributed by atoms with Crippen LogP contribution in [-0.4, -0.2) is 39.3 Å². The van der Waals surface area contributed by atoms with E-state index in [-0.39, 0.29) is 29.0 Å². The van der Waals surface area contributed by atoms with Gasteiger partial charge in [0.1, 0.15) is 5.75 Å². The summed E-state index contributed by atoms with van der Waals surface area (Å²) >= 11 is 0. The van der Waals surface area contributed by atoms with Crippen molar-refractivity contribution < 1.29 is 19.5 Å². The van der Waals surface area contributed by atoms with Gasteiger partial charge in [0.05, 0.1) is 23.5 Å². The summed E-state index contributed by atoms with van der Waals surface area (Å²) in [7, 11) is 0. The van der Waals surface area contributed by atoms with Crippen LogP contribution in [0.2, 0.25) is 0 Å². The number of aryl methyl sites for hydroxylation is 1. The molecule has 2 atom stereocenters. The Bertz CT molecular complexity index is 975. The van der Waals surface area contributed by atoms with Gasteiger partial charge in [0, 0.05) is 12.7 Å². The number of carbonyl (C=O) groups is 3. The lowest BCUT2D eigenvalue weighted by Gasteiger charge is -2.38. The zero-order chi connectivity index (χ0) is 21.8. The van der Waals surface area contributed by atoms with Crippen LogP contribution >= 0.6 is 0 Å². The number of primary amides is 1. The van der Waals surface area contributed by atoms with Crippen LogP contribution < -0.4 is 11.1 Å². The minimum Gasteiger partial charge on any atom is -0.508 e. The summed E-state index contributed by atoms with van der Waals surface area (Å²) in [5, 5.41) is 12.5. The van der Waals surface area contributed by atoms with Crippen molar-refractivity contribution in [1.29, 1.82) is 0 Å². The van der Waals surface area contributed by atoms with Crippen molar-refractivity contribution in [2.75, 3.05) is 11.9 Å². The van der Waals surface area contributed by atoms with Crippen LogP contribution in [-0.2, 0) is 16.0 Å². The van der Waals surface area contributed by atoms with Crippen LogP contribution in [0.5, 0.6) is 5.75 Å². The summed E-state index contributed by atoms with van der Waals surface area (Å²) in [5.74, 6) is -1.63. The summed E-state index contributed by atoms with van der Waals surface area (Å²) in [4.78, 5) is 42.5. The average molecular weight is 410 g/mol. The maximum atomic E-state index is 13.0. The summed E-state index contributed by atoms with van der Waals surface area (Å²) in [5.41, 5.74) is 7.30. The third-order valence-corrected chi connectivity index (χ3v) is 5.42. The lowest BCUT2D eigenvalue weighted by molar-refractivity contribution is -0.146. The van der Waals surface area contributed by atoms with E-state index in [1.165, 1.54) is 18.5 Å². The number of hydrogen-bond donors (Lipinski definition) is 3. The highest BCUT2D eigenvalue weighted by atomic mass is 16.3. The molecule has 1 aromatic carbocycles. The molecule has 8 heteroatoms. The highest BCUT2D eigenvalue weighted by Crippen LogP contribution is 2.35. The monoisotopic (exact) mass is 410 g/mol. The molecule has 1 aliphatic heterocycles. The van der Waals surface area contributed by atoms with Crippen molar-refractivity contribution in [3.8, 4) is 5.75 Å². The van der Waals surface area contributed by atoms with Crippen LogP contribution in [0.25, 0.3) is 0 Å². The number of nitrogens with zero attached hydrogens (tertiary/aromatic N) is 2. The Balaban J connectivity index is 1.83. The Morgan fingerprint density at radius 1 is 1.23 bits per heavy atom. The number of aromatic nitrogens is 1. The fraction of sp³-hybridized carbons (Fsp3) is 0.364. The largest absolute Gasteiger partial charge is 0.508 e. The molecule has 0 spiro atoms. The zero-order valence-electron chi connectivity index (χ0n) is 17.1. The molecule has 0 aliphatic carbocycles. The standard InChI is InChI=1S/C22H26N4O4/c1-3-14-8-15(5-7-19(14)27)18-6-4-13(2)12-26(18)22(30)21(29)25-17-9-16(20(23)28)10-24-11-17/h5,7-11,13,18,27H,3-4,6,12H2,1-2H3,(H2,23,28)(H,25,29)/t13-,18+/m0/s1. The first-order chi connectivity index (χ1) is 14.3. The van der Waals surface area contributed by atoms with E-state index >= 15 is 0 Å². The van der Waals surface area contributed by atoms with Gasteiger partial charge in [0.15, 0.2) is 0 Å². The molecule has 4 N–H and O–H groups in total. The summed E-state index contributed by atoms with van der Waals surface area (Å²) < 4.78 is 0. The number of phenols is 1. The molecule has 1 aromatic heterocycles. The van der Waals surface area contributed by atoms with Crippen molar-refractivity contribution in [3.63, 3.8) is 0 Å². The minimum absolute atomic E-state index is 0.140. The van der Waals surface area contributed by atoms with Crippen LogP contribution in [0, 0.1) is 5.92 Å². The van der Waals surface area contributed by atoms with E-state index in [0.29, 0.717) is 13.0 Å². The predicted molar refractivity (Wildman–Crippen MR) is 112 cm³/mol. The van der Waals surface area contributed by atoms with Gasteiger partial charge in [-0.3, -0.25) is 19.4 Å². The Labute approximate surface area is 175 Å². The van der Waals surface area contributed by atoms with Crippen LogP contribution in [0.1, 0.15) is 54.2 Å². The molecule has 0 unspecified atom stereocenters. The van der Waals surface area contributed by atoms with E-state index < -0.39 is 17.7 Å². The lowest BCUT2D eigenvalue weighted by atomic mass is 9.89. The number of pyridine rings is 1. The topological polar surface area (TPSA) is 126 Å². The van der Waals surface area contributed by atoms with Crippen molar-refractivity contribution >= 4 is 23.4 Å². The molecule has 8 nitrogen and oxygen atoms in total. The van der Waals surface area contributed by atoms with Gasteiger partial charge in [-0.2, -0.15) is 0 Å². The maximum Gasteiger partial charge on any atom is 0.313 e. The molecule has 0 saturated carbocycles. The minimum atomic E-state index is -0.799. The summed E-state index contributed by atoms with van der Waals surface area (Å²) in [6.45, 7) is 4.45. The first kappa shape index (κ1) is 21.3. The van der Waals surface area contributed by atoms with Gasteiger partial charge in [0.2, 0.25) is 5.91 Å². The van der Waals surface area contributed by atoms with Crippen molar-refractivity contribution in [2.24, 2.45) is 11.7 Å². The van der Waals surface area contributed by atoms with Gasteiger partial charge in [-0.15, -0.1) is 0 Å². The summed E-state index contributed by atoms with van der Waals surface area (Å²) in [6, 6.07) is 6.46. The van der Waals surface area contributed by atoms with Gasteiger partial charge >= 0.3 is 11.8 Å². The smallest absolute Gasteiger partial charge is 0.313 e. The van der Waals surface area contributed by atoms with Crippen LogP contribution in [0.15, 0.2) is 36.7 Å². The first-order valence-electron chi connectivity index (χ1n) is 9.98. The number of amides is 3. The zero-order valence-corrected chi connectivity index (χ0v) is 17.1. The molecule has 0 bridgehead atoms. The highest BCUT2D eigenvalue weighted by Gasteiger charge is 2.34. The van der Waals surface area contributed by atoms with Gasteiger partial charge in [-0.05, 0) is 48.4 Å². The quantitative estimate of drug-likeness (QED) is 0.667. The summed E-state index contributed by atoms with van der Waals surface area (Å²) in [6.07, 6.45) is 4.97. The van der Waals surface area contributed by atoms with Crippen molar-refractivity contribution in [3.05, 3.63) is 53.3 Å². The molecule has 1 aliphatic rings. The molecule has 3 rings (SSSR count). The van der Waals surface area contributed by atoms with Crippen molar-refractivity contribution in [1.82, 2.24) is 9.88 Å². The molecule has 1 saturated heterocycles. The molecular formula is C22H26N4O4. The molecular weight excluding hydrogens is 384 g/mol. The number of benzene rings is 1. The molecule has 3 amide bonds. The Morgan fingerprint density at radius 2 is 2.00 bits per heavy atom. The Hall–Kier alpha value is -3.42. The number of rotatable bonds is 4. The number of anilines is 1. The van der Waals surface area contributed by atoms with Crippen LogP contribution in [0.3, 0.4) is 0 Å². The van der Waals surface area contributed by atoms with E-state index in [4.69, 9.17) is 5.73 Å². The van der Waals surface area contributed by atoms with Gasteiger partial charge in [0.25, 0.3) is 0 Å². The van der Waals surface area contributed by atoms with E-state index in [1.54, 1.807) is 17.0 Å². The van der Waals surface area contributed by atoms with E-state index in [9.17, 15) is 19.5 Å². The highest BCUT2D eigenvalue weighted by molar-refractivity contribution is 6.39. The Morgan fingerprint density at radius 3 is 2.70 bits per heavy atom. The lowest BCUT2D eigenvalue weighted by Crippen LogP contribution is -2.46. The number of nitrogens with two attached hydrogens (primary N) is 1. The molecule has 0 radical (unpaired) electrons. The molecule has 2 heterocycles. The van der Waals surface area contributed by atoms with Gasteiger partial charge in [-0.1, -0.05) is 26.0 Å². The molecule has 1 fully saturated rings. The SMILES string of the molecule is CCc1cc([C@H]2CC[C@H](C)CN2C(=O)C(=O)Nc2cncc(C(N)=O)c2)ccc1O. The second kappa shape index (κ2) is 8.94. The number of aromatic hydroxyl groups is 1. The van der Waals surface area contributed by atoms with E-state index in [0.717, 1.165) is 24.0 Å². The van der Waals surface area contributed by atoms with Crippen LogP contribution in [0.4, 0.5) is 5.69 Å². The maximum absolute atomic E-state index is 13.0. The normalized spacial score (nSPS) is 18.7. The number of likely N-dealkylation sites (tertiary alicyclic amines) is 1. The van der Waals surface area contributed by atoms with Gasteiger partial charge < -0.3 is 21.1 Å². The number of phenolic OH excluding ortho intramolecular Hbond substituents is 1. The molecule has 158 valence electrons. The first-order valence-corrected chi connectivity index (χ1v) is 9.98. The third kappa shape index (κ3) is 4.59. The number of piperidine rings is 1. The Kier molecular flexibility index (Phi) is 6.34. The second-order valence-corrected chi connectivity index (χ2v) is 7.68. The van der Waals surface area contributed by atoms with E-state index in [1.807, 2.05) is 19.9 Å². The van der Waals surface area contributed by atoms with E-state index in [2.05, 4.69) is 10.3 Å². The third-order valence-electron chi connectivity index (χ3n) is 5.42. The second-order valence-electron chi connectivity index (χ2n) is 7.68. The molecule has 30 heavy (non-hydrogen) atoms. The number of hydrogen-bond acceptors (Lipinski definition) is 5. The number of nitrogens with one attached hydrogen (secondary N) is 1. The van der Waals surface area contributed by atoms with Gasteiger partial charge in [-0.25, -0.2) is 0 Å². The predicted octanol–water partition coefficient (Wildman–Crippen LogP) is 2.39.